The average Bonchev–Trinajstić information content (AvgIpc) is 3.94. The molecule has 356 valence electrons. The van der Waals surface area contributed by atoms with Gasteiger partial charge in [0.05, 0.1) is 35.5 Å². The van der Waals surface area contributed by atoms with Crippen LogP contribution in [-0.4, -0.2) is 124 Å². The molecule has 13 atom stereocenters. The summed E-state index contributed by atoms with van der Waals surface area (Å²) in [6, 6.07) is 14.7. The fraction of sp³-hybridized carbons (Fsp3) is 0.571. The molecule has 6 rings (SSSR count). The number of Topliss-reactive ketones (excluding diaryl/α,β-unsaturated/α-hetero) is 2. The molecular weight excluding hydrogens is 872 g/mol. The number of amides is 1. The molecule has 15 nitrogen and oxygen atoms in total. The highest BCUT2D eigenvalue weighted by molar-refractivity contribution is 7.03. The van der Waals surface area contributed by atoms with Crippen LogP contribution in [0.4, 0.5) is 9.18 Å². The number of likely N-dealkylation sites (N-methyl/N-ethyl adjacent to an activating group) is 1. The van der Waals surface area contributed by atoms with Crippen LogP contribution in [0.15, 0.2) is 60.0 Å². The monoisotopic (exact) mass is 932 g/mol. The van der Waals surface area contributed by atoms with E-state index in [2.05, 4.69) is 26.7 Å². The van der Waals surface area contributed by atoms with Crippen LogP contribution in [0.3, 0.4) is 0 Å². The van der Waals surface area contributed by atoms with Crippen molar-refractivity contribution in [3.63, 3.8) is 0 Å². The normalized spacial score (nSPS) is 34.2. The Bertz CT molecular complexity index is 2270. The predicted octanol–water partition coefficient (Wildman–Crippen LogP) is 6.57. The molecule has 3 aliphatic rings. The second-order valence-electron chi connectivity index (χ2n) is 18.4. The summed E-state index contributed by atoms with van der Waals surface area (Å²) in [4.78, 5) is 71.8. The molecule has 17 heteroatoms. The minimum atomic E-state index is -3.26. The Hall–Kier alpha value is -5.12. The van der Waals surface area contributed by atoms with Crippen LogP contribution < -0.4 is 5.32 Å². The van der Waals surface area contributed by atoms with Crippen molar-refractivity contribution in [3.8, 4) is 23.1 Å². The number of aromatic nitrogens is 2. The quantitative estimate of drug-likeness (QED) is 0.0998. The number of esters is 2. The van der Waals surface area contributed by atoms with Crippen molar-refractivity contribution in [2.75, 3.05) is 20.7 Å². The number of hydrogen-bond acceptors (Lipinski definition) is 15. The SMILES string of the molecule is CC[C@H]1OC(=O)[C@@](C)(F)C(=O)[C@H](C)[C@@H](O[C@@H]2O[C@H](C)C[C@H](N(C)C)[C@H]2OC(=O)c2ccccc2)[C@](C)(OCC#CCc2ccc(-c3csnn3)cc2)C[C@@H](C)C(=O)[C@H](C)[C@H]2NC(=O)O[C@@]21C. The molecule has 1 aromatic heterocycles. The molecular formula is C49H61FN4O11S. The number of nitrogens with one attached hydrogen (secondary N) is 1. The van der Waals surface area contributed by atoms with Gasteiger partial charge < -0.3 is 38.6 Å². The number of alkyl halides is 1. The highest BCUT2D eigenvalue weighted by atomic mass is 32.1. The van der Waals surface area contributed by atoms with Gasteiger partial charge in [0.15, 0.2) is 23.8 Å². The van der Waals surface area contributed by atoms with Gasteiger partial charge in [-0.3, -0.25) is 9.59 Å². The van der Waals surface area contributed by atoms with Crippen LogP contribution in [0.25, 0.3) is 11.3 Å². The Labute approximate surface area is 389 Å². The van der Waals surface area contributed by atoms with Gasteiger partial charge in [-0.05, 0) is 90.3 Å². The molecule has 0 unspecified atom stereocenters. The van der Waals surface area contributed by atoms with E-state index >= 15 is 4.39 Å². The first-order chi connectivity index (χ1) is 31.2. The first-order valence-corrected chi connectivity index (χ1v) is 23.2. The summed E-state index contributed by atoms with van der Waals surface area (Å²) in [5, 5.41) is 8.70. The molecule has 0 bridgehead atoms. The Morgan fingerprint density at radius 2 is 1.68 bits per heavy atom. The molecule has 0 radical (unpaired) electrons. The van der Waals surface area contributed by atoms with Crippen molar-refractivity contribution in [2.24, 2.45) is 17.8 Å². The number of ketones is 2. The molecule has 66 heavy (non-hydrogen) atoms. The second kappa shape index (κ2) is 20.8. The number of cyclic esters (lactones) is 1. The van der Waals surface area contributed by atoms with Crippen molar-refractivity contribution in [1.82, 2.24) is 19.8 Å². The van der Waals surface area contributed by atoms with E-state index in [-0.39, 0.29) is 30.8 Å². The molecule has 2 aromatic carbocycles. The van der Waals surface area contributed by atoms with E-state index in [0.717, 1.165) is 23.7 Å². The van der Waals surface area contributed by atoms with Crippen LogP contribution in [-0.2, 0) is 49.2 Å². The number of ether oxygens (including phenoxy) is 6. The summed E-state index contributed by atoms with van der Waals surface area (Å²) in [6.45, 7) is 12.0. The Balaban J connectivity index is 1.41. The maximum Gasteiger partial charge on any atom is 0.408 e. The molecule has 0 saturated carbocycles. The number of nitrogens with zero attached hydrogens (tertiary/aromatic N) is 3. The summed E-state index contributed by atoms with van der Waals surface area (Å²) < 4.78 is 58.8. The van der Waals surface area contributed by atoms with Gasteiger partial charge in [-0.25, -0.2) is 18.8 Å². The van der Waals surface area contributed by atoms with E-state index in [4.69, 9.17) is 28.4 Å². The van der Waals surface area contributed by atoms with E-state index in [1.54, 1.807) is 58.0 Å². The van der Waals surface area contributed by atoms with E-state index in [1.165, 1.54) is 25.4 Å². The predicted molar refractivity (Wildman–Crippen MR) is 242 cm³/mol. The summed E-state index contributed by atoms with van der Waals surface area (Å²) in [5.41, 5.74) is -3.61. The van der Waals surface area contributed by atoms with Gasteiger partial charge in [-0.15, -0.1) is 5.10 Å². The molecule has 3 saturated heterocycles. The first-order valence-electron chi connectivity index (χ1n) is 22.4. The van der Waals surface area contributed by atoms with Gasteiger partial charge in [0.2, 0.25) is 0 Å². The lowest BCUT2D eigenvalue weighted by Crippen LogP contribution is -2.62. The minimum absolute atomic E-state index is 0.0611. The molecule has 0 aliphatic carbocycles. The minimum Gasteiger partial charge on any atom is -0.455 e. The zero-order chi connectivity index (χ0) is 48.1. The zero-order valence-corrected chi connectivity index (χ0v) is 40.0. The topological polar surface area (TPSA) is 182 Å². The summed E-state index contributed by atoms with van der Waals surface area (Å²) in [7, 11) is 3.66. The van der Waals surface area contributed by atoms with Crippen molar-refractivity contribution in [2.45, 2.75) is 141 Å². The van der Waals surface area contributed by atoms with Gasteiger partial charge in [-0.1, -0.05) is 86.5 Å². The number of rotatable bonds is 10. The fourth-order valence-corrected chi connectivity index (χ4v) is 9.97. The molecule has 3 aliphatic heterocycles. The summed E-state index contributed by atoms with van der Waals surface area (Å²) in [5.74, 6) is -0.705. The maximum absolute atomic E-state index is 17.2. The lowest BCUT2D eigenvalue weighted by atomic mass is 9.73. The molecule has 1 amide bonds. The van der Waals surface area contributed by atoms with Crippen molar-refractivity contribution in [3.05, 3.63) is 71.1 Å². The number of benzene rings is 2. The van der Waals surface area contributed by atoms with Gasteiger partial charge in [-0.2, -0.15) is 0 Å². The third-order valence-corrected chi connectivity index (χ3v) is 13.7. The van der Waals surface area contributed by atoms with E-state index in [9.17, 15) is 24.0 Å². The standard InChI is InChI=1S/C49H61FN4O11S/c1-11-37-49(8)40(51-46(59)65-49)30(4)38(55)28(2)26-47(6,60-24-16-15-17-32-20-22-33(23-21-32)35-27-66-53-52-35)42(31(5)41(56)48(7,50)45(58)62-37)64-44-39(36(54(9)10)25-29(3)61-44)63-43(57)34-18-13-12-14-19-34/h12-14,18-23,27-31,36-37,39-40,42,44H,11,17,24-26H2,1-10H3,(H,51,59)/t28-,29-,30+,31+,36+,37-,39-,40-,42-,44+,47-,48+,49-/m1/s1. The van der Waals surface area contributed by atoms with Crippen LogP contribution in [0.1, 0.15) is 90.6 Å². The number of alkyl carbamates (subject to hydrolysis) is 1. The third kappa shape index (κ3) is 10.8. The van der Waals surface area contributed by atoms with Crippen molar-refractivity contribution in [1.29, 1.82) is 0 Å². The number of hydrogen-bond donors (Lipinski definition) is 1. The van der Waals surface area contributed by atoms with E-state index in [1.807, 2.05) is 55.6 Å². The lowest BCUT2D eigenvalue weighted by molar-refractivity contribution is -0.296. The van der Waals surface area contributed by atoms with Crippen LogP contribution in [0, 0.1) is 29.6 Å². The average molecular weight is 933 g/mol. The van der Waals surface area contributed by atoms with E-state index in [0.29, 0.717) is 12.8 Å². The number of halogens is 1. The molecule has 1 N–H and O–H groups in total. The van der Waals surface area contributed by atoms with Gasteiger partial charge >= 0.3 is 18.0 Å². The van der Waals surface area contributed by atoms with Crippen LogP contribution >= 0.6 is 11.5 Å². The smallest absolute Gasteiger partial charge is 0.408 e. The lowest BCUT2D eigenvalue weighted by Gasteiger charge is -2.48. The molecule has 4 heterocycles. The molecule has 3 fully saturated rings. The molecule has 3 aromatic rings. The highest BCUT2D eigenvalue weighted by Gasteiger charge is 2.59. The van der Waals surface area contributed by atoms with E-state index < -0.39 is 101 Å². The summed E-state index contributed by atoms with van der Waals surface area (Å²) >= 11 is 1.26. The van der Waals surface area contributed by atoms with Gasteiger partial charge in [0.25, 0.3) is 5.67 Å². The van der Waals surface area contributed by atoms with Crippen LogP contribution in [0.5, 0.6) is 0 Å². The van der Waals surface area contributed by atoms with Gasteiger partial charge in [0.1, 0.15) is 24.2 Å². The van der Waals surface area contributed by atoms with Crippen molar-refractivity contribution < 1.29 is 56.8 Å². The van der Waals surface area contributed by atoms with Gasteiger partial charge in [0, 0.05) is 35.1 Å². The number of carbonyl (C=O) groups excluding carboxylic acids is 5. The van der Waals surface area contributed by atoms with Crippen molar-refractivity contribution >= 4 is 41.1 Å². The zero-order valence-electron chi connectivity index (χ0n) is 39.2. The van der Waals surface area contributed by atoms with Crippen LogP contribution in [0.2, 0.25) is 0 Å². The fourth-order valence-electron chi connectivity index (χ4n) is 9.51. The first kappa shape index (κ1) is 50.3. The molecule has 0 spiro atoms. The maximum atomic E-state index is 17.2. The summed E-state index contributed by atoms with van der Waals surface area (Å²) in [6.07, 6.45) is -5.69. The Morgan fingerprint density at radius 1 is 0.985 bits per heavy atom. The third-order valence-electron chi connectivity index (χ3n) is 13.2. The Kier molecular flexibility index (Phi) is 15.9. The Morgan fingerprint density at radius 3 is 2.32 bits per heavy atom. The second-order valence-corrected chi connectivity index (χ2v) is 19.1. The number of carbonyl (C=O) groups is 5. The number of fused-ring (bicyclic) bond motifs is 1. The largest absolute Gasteiger partial charge is 0.455 e. The highest BCUT2D eigenvalue weighted by Crippen LogP contribution is 2.42.